The summed E-state index contributed by atoms with van der Waals surface area (Å²) in [4.78, 5) is 2.52. The normalized spacial score (nSPS) is 13.8. The first-order valence-electron chi connectivity index (χ1n) is 16.8. The molecular weight excluding hydrogens is 587 g/mol. The molecule has 48 heavy (non-hydrogen) atoms. The Morgan fingerprint density at radius 2 is 1.27 bits per heavy atom. The molecule has 0 saturated carbocycles. The van der Waals surface area contributed by atoms with Crippen molar-refractivity contribution in [1.29, 1.82) is 0 Å². The Balaban J connectivity index is 1.33. The van der Waals surface area contributed by atoms with E-state index in [0.29, 0.717) is 0 Å². The van der Waals surface area contributed by atoms with E-state index in [0.717, 1.165) is 55.1 Å². The molecule has 0 fully saturated rings. The zero-order valence-electron chi connectivity index (χ0n) is 27.3. The average Bonchev–Trinajstić information content (AvgIpc) is 3.75. The number of para-hydroxylation sites is 3. The monoisotopic (exact) mass is 618 g/mol. The van der Waals surface area contributed by atoms with Gasteiger partial charge in [-0.25, -0.2) is 0 Å². The number of aromatic nitrogens is 1. The summed E-state index contributed by atoms with van der Waals surface area (Å²) in [7, 11) is 0. The van der Waals surface area contributed by atoms with Crippen molar-refractivity contribution in [3.8, 4) is 5.69 Å². The Morgan fingerprint density at radius 1 is 0.562 bits per heavy atom. The lowest BCUT2D eigenvalue weighted by atomic mass is 9.33. The molecule has 2 aliphatic heterocycles. The van der Waals surface area contributed by atoms with Gasteiger partial charge in [0.2, 0.25) is 0 Å². The van der Waals surface area contributed by atoms with E-state index in [4.69, 9.17) is 8.83 Å². The van der Waals surface area contributed by atoms with Crippen molar-refractivity contribution in [1.82, 2.24) is 4.57 Å². The number of hydrogen-bond acceptors (Lipinski definition) is 3. The van der Waals surface area contributed by atoms with Crippen LogP contribution in [-0.2, 0) is 5.41 Å². The number of aryl methyl sites for hydroxylation is 1. The molecule has 0 unspecified atom stereocenters. The number of hydrogen-bond donors (Lipinski definition) is 0. The van der Waals surface area contributed by atoms with Crippen molar-refractivity contribution in [2.24, 2.45) is 0 Å². The minimum Gasteiger partial charge on any atom is -0.456 e. The fraction of sp³-hybridized carbons (Fsp3) is 0.116. The topological polar surface area (TPSA) is 34.5 Å². The van der Waals surface area contributed by atoms with E-state index in [1.807, 2.05) is 6.07 Å². The van der Waals surface area contributed by atoms with E-state index in [-0.39, 0.29) is 12.1 Å². The zero-order valence-corrected chi connectivity index (χ0v) is 27.3. The van der Waals surface area contributed by atoms with Crippen LogP contribution in [0.25, 0.3) is 60.6 Å². The van der Waals surface area contributed by atoms with Gasteiger partial charge in [-0.05, 0) is 94.5 Å². The molecule has 228 valence electrons. The second-order valence-corrected chi connectivity index (χ2v) is 14.6. The molecule has 0 N–H and O–H groups in total. The Kier molecular flexibility index (Phi) is 4.85. The summed E-state index contributed by atoms with van der Waals surface area (Å²) in [5, 5.41) is 4.57. The molecule has 0 amide bonds. The van der Waals surface area contributed by atoms with Gasteiger partial charge in [0.15, 0.2) is 5.58 Å². The lowest BCUT2D eigenvalue weighted by molar-refractivity contribution is 0.590. The molecular formula is C43H31BN2O2. The number of nitrogens with zero attached hydrogens (tertiary/aromatic N) is 2. The molecule has 0 radical (unpaired) electrons. The van der Waals surface area contributed by atoms with Crippen molar-refractivity contribution in [2.45, 2.75) is 33.1 Å². The van der Waals surface area contributed by atoms with E-state index in [1.165, 1.54) is 50.1 Å². The smallest absolute Gasteiger partial charge is 0.252 e. The molecule has 0 saturated heterocycles. The minimum absolute atomic E-state index is 0.0140. The third-order valence-corrected chi connectivity index (χ3v) is 10.8. The molecule has 2 aliphatic rings. The van der Waals surface area contributed by atoms with Crippen molar-refractivity contribution in [2.75, 3.05) is 4.90 Å². The molecule has 0 atom stereocenters. The van der Waals surface area contributed by atoms with Gasteiger partial charge >= 0.3 is 0 Å². The second-order valence-electron chi connectivity index (χ2n) is 14.6. The summed E-state index contributed by atoms with van der Waals surface area (Å²) in [6, 6.07) is 42.1. The predicted molar refractivity (Wildman–Crippen MR) is 201 cm³/mol. The van der Waals surface area contributed by atoms with Crippen LogP contribution in [0.2, 0.25) is 0 Å². The highest BCUT2D eigenvalue weighted by Gasteiger charge is 2.43. The van der Waals surface area contributed by atoms with E-state index in [2.05, 4.69) is 146 Å². The van der Waals surface area contributed by atoms with Crippen LogP contribution >= 0.6 is 0 Å². The van der Waals surface area contributed by atoms with Crippen LogP contribution in [0.1, 0.15) is 31.9 Å². The maximum Gasteiger partial charge on any atom is 0.252 e. The molecule has 4 nitrogen and oxygen atoms in total. The van der Waals surface area contributed by atoms with Gasteiger partial charge in [-0.1, -0.05) is 81.4 Å². The quantitative estimate of drug-likeness (QED) is 0.172. The average molecular weight is 619 g/mol. The predicted octanol–water partition coefficient (Wildman–Crippen LogP) is 9.65. The van der Waals surface area contributed by atoms with Gasteiger partial charge in [-0.15, -0.1) is 0 Å². The number of furan rings is 2. The molecule has 9 aromatic rings. The van der Waals surface area contributed by atoms with Crippen molar-refractivity contribution in [3.63, 3.8) is 0 Å². The highest BCUT2D eigenvalue weighted by atomic mass is 16.3. The van der Waals surface area contributed by atoms with Crippen LogP contribution in [-0.4, -0.2) is 11.3 Å². The number of benzene rings is 6. The lowest BCUT2D eigenvalue weighted by Gasteiger charge is -2.41. The molecule has 0 spiro atoms. The van der Waals surface area contributed by atoms with E-state index in [9.17, 15) is 0 Å². The largest absolute Gasteiger partial charge is 0.456 e. The van der Waals surface area contributed by atoms with Gasteiger partial charge < -0.3 is 18.3 Å². The maximum absolute atomic E-state index is 6.64. The Morgan fingerprint density at radius 3 is 2.10 bits per heavy atom. The van der Waals surface area contributed by atoms with Gasteiger partial charge in [0.1, 0.15) is 22.3 Å². The van der Waals surface area contributed by atoms with Crippen molar-refractivity contribution >= 4 is 95.1 Å². The number of fused-ring (bicyclic) bond motifs is 12. The fourth-order valence-electron chi connectivity index (χ4n) is 8.70. The summed E-state index contributed by atoms with van der Waals surface area (Å²) >= 11 is 0. The first-order chi connectivity index (χ1) is 23.4. The third kappa shape index (κ3) is 3.21. The molecule has 3 aromatic heterocycles. The fourth-order valence-corrected chi connectivity index (χ4v) is 8.70. The molecule has 6 aromatic carbocycles. The summed E-state index contributed by atoms with van der Waals surface area (Å²) in [6.07, 6.45) is 0. The van der Waals surface area contributed by atoms with Crippen molar-refractivity contribution < 1.29 is 8.83 Å². The van der Waals surface area contributed by atoms with Crippen LogP contribution < -0.4 is 21.3 Å². The molecule has 5 heterocycles. The first kappa shape index (κ1) is 26.4. The molecule has 0 bridgehead atoms. The molecule has 0 aliphatic carbocycles. The summed E-state index contributed by atoms with van der Waals surface area (Å²) in [5.41, 5.74) is 17.3. The van der Waals surface area contributed by atoms with Crippen LogP contribution in [0, 0.1) is 6.92 Å². The van der Waals surface area contributed by atoms with Gasteiger partial charge in [0.25, 0.3) is 6.71 Å². The van der Waals surface area contributed by atoms with Gasteiger partial charge in [-0.3, -0.25) is 0 Å². The zero-order chi connectivity index (χ0) is 32.1. The second kappa shape index (κ2) is 8.81. The summed E-state index contributed by atoms with van der Waals surface area (Å²) in [6.45, 7) is 9.20. The lowest BCUT2D eigenvalue weighted by Crippen LogP contribution is -2.60. The van der Waals surface area contributed by atoms with Crippen LogP contribution in [0.5, 0.6) is 0 Å². The van der Waals surface area contributed by atoms with Crippen molar-refractivity contribution in [3.05, 3.63) is 126 Å². The third-order valence-electron chi connectivity index (χ3n) is 10.8. The minimum atomic E-state index is -0.0140. The first-order valence-corrected chi connectivity index (χ1v) is 16.8. The highest BCUT2D eigenvalue weighted by molar-refractivity contribution is 7.00. The van der Waals surface area contributed by atoms with Gasteiger partial charge in [0.05, 0.1) is 16.6 Å². The van der Waals surface area contributed by atoms with Gasteiger partial charge in [0, 0.05) is 33.2 Å². The van der Waals surface area contributed by atoms with Crippen LogP contribution in [0.4, 0.5) is 17.1 Å². The SMILES string of the molecule is Cc1cc2c3c(c1)-n1c4c(cccc4c4oc5ccccc5c41)B3c1ccc(C(C)(C)C)cc1N2c1cccc2oc3ccccc3c12. The van der Waals surface area contributed by atoms with Crippen LogP contribution in [0.3, 0.4) is 0 Å². The van der Waals surface area contributed by atoms with E-state index >= 15 is 0 Å². The Labute approximate surface area is 277 Å². The maximum atomic E-state index is 6.64. The summed E-state index contributed by atoms with van der Waals surface area (Å²) < 4.78 is 15.6. The number of rotatable bonds is 1. The molecule has 5 heteroatoms. The molecule has 11 rings (SSSR count). The number of anilines is 3. The highest BCUT2D eigenvalue weighted by Crippen LogP contribution is 2.47. The summed E-state index contributed by atoms with van der Waals surface area (Å²) in [5.74, 6) is 0. The Hall–Kier alpha value is -5.68. The van der Waals surface area contributed by atoms with E-state index < -0.39 is 0 Å². The standard InChI is InChI=1S/C43H31BN2O2/c1-24-21-33-39-34(22-24)46-40-28(42-41(46)27-12-6-8-17-36(27)48-42)13-9-14-30(40)44(39)29-20-19-25(43(2,3)4)23-32(29)45(33)31-15-10-18-37-38(31)26-11-5-7-16-35(26)47-37/h5-23H,1-4H3. The van der Waals surface area contributed by atoms with E-state index in [1.54, 1.807) is 0 Å². The Bertz CT molecular complexity index is 2860. The van der Waals surface area contributed by atoms with Crippen LogP contribution in [0.15, 0.2) is 124 Å². The van der Waals surface area contributed by atoms with Gasteiger partial charge in [-0.2, -0.15) is 0 Å².